The largest absolute Gasteiger partial charge is 0.476 e. The molecule has 2 aromatic rings. The topological polar surface area (TPSA) is 63.1 Å². The molecular weight excluding hydrogens is 180 g/mol. The average Bonchev–Trinajstić information content (AvgIpc) is 2.17. The van der Waals surface area contributed by atoms with E-state index in [9.17, 15) is 4.79 Å². The molecule has 1 aromatic heterocycles. The van der Waals surface area contributed by atoms with Gasteiger partial charge in [-0.2, -0.15) is 0 Å². The summed E-state index contributed by atoms with van der Waals surface area (Å²) in [6.45, 7) is 1.91. The van der Waals surface area contributed by atoms with E-state index in [1.165, 1.54) is 6.07 Å². The number of carbonyl (C=O) groups is 1. The summed E-state index contributed by atoms with van der Waals surface area (Å²) in [5, 5.41) is 17.0. The Morgan fingerprint density at radius 1 is 1.36 bits per heavy atom. The molecule has 2 rings (SSSR count). The number of aromatic carboxylic acids is 1. The Kier molecular flexibility index (Phi) is 1.89. The van der Waals surface area contributed by atoms with Gasteiger partial charge in [0.15, 0.2) is 5.69 Å². The van der Waals surface area contributed by atoms with Crippen LogP contribution in [-0.4, -0.2) is 21.3 Å². The Labute approximate surface area is 80.2 Å². The van der Waals surface area contributed by atoms with Crippen molar-refractivity contribution >= 4 is 16.9 Å². The quantitative estimate of drug-likeness (QED) is 0.738. The lowest BCUT2D eigenvalue weighted by molar-refractivity contribution is 0.0689. The van der Waals surface area contributed by atoms with Gasteiger partial charge in [0.1, 0.15) is 0 Å². The number of aromatic nitrogens is 2. The summed E-state index contributed by atoms with van der Waals surface area (Å²) in [6, 6.07) is 7.13. The van der Waals surface area contributed by atoms with Gasteiger partial charge in [-0.1, -0.05) is 18.2 Å². The number of hydrogen-bond acceptors (Lipinski definition) is 3. The van der Waals surface area contributed by atoms with Crippen LogP contribution in [-0.2, 0) is 0 Å². The minimum absolute atomic E-state index is 0.0249. The number of nitrogens with zero attached hydrogens (tertiary/aromatic N) is 2. The fraction of sp³-hybridized carbons (Fsp3) is 0.100. The molecule has 0 saturated heterocycles. The second-order valence-corrected chi connectivity index (χ2v) is 3.05. The van der Waals surface area contributed by atoms with Crippen LogP contribution in [0, 0.1) is 6.92 Å². The SMILES string of the molecule is Cc1cccc2cc(C(=O)O)nnc12. The highest BCUT2D eigenvalue weighted by Crippen LogP contribution is 2.15. The molecule has 1 heterocycles. The first-order valence-corrected chi connectivity index (χ1v) is 4.15. The van der Waals surface area contributed by atoms with Crippen molar-refractivity contribution in [2.24, 2.45) is 0 Å². The van der Waals surface area contributed by atoms with E-state index in [-0.39, 0.29) is 5.69 Å². The van der Waals surface area contributed by atoms with Crippen molar-refractivity contribution in [1.29, 1.82) is 0 Å². The maximum Gasteiger partial charge on any atom is 0.356 e. The average molecular weight is 188 g/mol. The van der Waals surface area contributed by atoms with Crippen LogP contribution in [0.5, 0.6) is 0 Å². The lowest BCUT2D eigenvalue weighted by Gasteiger charge is -1.99. The zero-order valence-electron chi connectivity index (χ0n) is 7.56. The molecule has 0 amide bonds. The molecule has 0 bridgehead atoms. The van der Waals surface area contributed by atoms with Gasteiger partial charge in [-0.25, -0.2) is 4.79 Å². The van der Waals surface area contributed by atoms with Crippen LogP contribution in [0.4, 0.5) is 0 Å². The molecule has 1 N–H and O–H groups in total. The van der Waals surface area contributed by atoms with E-state index in [0.29, 0.717) is 0 Å². The van der Waals surface area contributed by atoms with Gasteiger partial charge >= 0.3 is 5.97 Å². The van der Waals surface area contributed by atoms with Crippen molar-refractivity contribution in [3.8, 4) is 0 Å². The minimum atomic E-state index is -1.05. The Hall–Kier alpha value is -1.97. The highest BCUT2D eigenvalue weighted by Gasteiger charge is 2.07. The molecule has 0 saturated carbocycles. The van der Waals surface area contributed by atoms with Gasteiger partial charge in [-0.05, 0) is 18.6 Å². The molecule has 4 nitrogen and oxygen atoms in total. The normalized spacial score (nSPS) is 10.4. The molecule has 70 valence electrons. The van der Waals surface area contributed by atoms with Crippen LogP contribution in [0.1, 0.15) is 16.1 Å². The van der Waals surface area contributed by atoms with E-state index in [1.807, 2.05) is 25.1 Å². The van der Waals surface area contributed by atoms with E-state index in [4.69, 9.17) is 5.11 Å². The first-order chi connectivity index (χ1) is 6.68. The zero-order chi connectivity index (χ0) is 10.1. The van der Waals surface area contributed by atoms with E-state index in [0.717, 1.165) is 16.5 Å². The zero-order valence-corrected chi connectivity index (χ0v) is 7.56. The molecular formula is C10H8N2O2. The van der Waals surface area contributed by atoms with E-state index < -0.39 is 5.97 Å². The van der Waals surface area contributed by atoms with E-state index >= 15 is 0 Å². The molecule has 0 aliphatic heterocycles. The van der Waals surface area contributed by atoms with Crippen LogP contribution in [0.15, 0.2) is 24.3 Å². The van der Waals surface area contributed by atoms with Gasteiger partial charge in [0, 0.05) is 5.39 Å². The third kappa shape index (κ3) is 1.31. The Bertz CT molecular complexity index is 508. The lowest BCUT2D eigenvalue weighted by atomic mass is 10.1. The van der Waals surface area contributed by atoms with Crippen LogP contribution in [0.2, 0.25) is 0 Å². The van der Waals surface area contributed by atoms with Crippen molar-refractivity contribution in [3.05, 3.63) is 35.5 Å². The number of rotatable bonds is 1. The molecule has 4 heteroatoms. The highest BCUT2D eigenvalue weighted by atomic mass is 16.4. The number of fused-ring (bicyclic) bond motifs is 1. The molecule has 0 aliphatic rings. The Morgan fingerprint density at radius 2 is 2.14 bits per heavy atom. The van der Waals surface area contributed by atoms with Gasteiger partial charge in [-0.15, -0.1) is 10.2 Å². The van der Waals surface area contributed by atoms with Gasteiger partial charge in [-0.3, -0.25) is 0 Å². The van der Waals surface area contributed by atoms with Crippen LogP contribution in [0.3, 0.4) is 0 Å². The fourth-order valence-electron chi connectivity index (χ4n) is 1.32. The summed E-state index contributed by atoms with van der Waals surface area (Å²) in [6.07, 6.45) is 0. The van der Waals surface area contributed by atoms with Crippen LogP contribution in [0.25, 0.3) is 10.9 Å². The molecule has 0 aliphatic carbocycles. The second-order valence-electron chi connectivity index (χ2n) is 3.05. The van der Waals surface area contributed by atoms with E-state index in [2.05, 4.69) is 10.2 Å². The number of carboxylic acids is 1. The first-order valence-electron chi connectivity index (χ1n) is 4.15. The minimum Gasteiger partial charge on any atom is -0.476 e. The monoisotopic (exact) mass is 188 g/mol. The van der Waals surface area contributed by atoms with Gasteiger partial charge < -0.3 is 5.11 Å². The number of hydrogen-bond donors (Lipinski definition) is 1. The van der Waals surface area contributed by atoms with Gasteiger partial charge in [0.2, 0.25) is 0 Å². The molecule has 0 fully saturated rings. The van der Waals surface area contributed by atoms with Crippen molar-refractivity contribution in [2.45, 2.75) is 6.92 Å². The smallest absolute Gasteiger partial charge is 0.356 e. The summed E-state index contributed by atoms with van der Waals surface area (Å²) >= 11 is 0. The lowest BCUT2D eigenvalue weighted by Crippen LogP contribution is -2.02. The second kappa shape index (κ2) is 3.06. The molecule has 0 radical (unpaired) electrons. The van der Waals surface area contributed by atoms with Crippen molar-refractivity contribution in [3.63, 3.8) is 0 Å². The van der Waals surface area contributed by atoms with Crippen molar-refractivity contribution < 1.29 is 9.90 Å². The van der Waals surface area contributed by atoms with Crippen LogP contribution >= 0.6 is 0 Å². The Balaban J connectivity index is 2.73. The fourth-order valence-corrected chi connectivity index (χ4v) is 1.32. The molecule has 0 unspecified atom stereocenters. The van der Waals surface area contributed by atoms with Crippen molar-refractivity contribution in [1.82, 2.24) is 10.2 Å². The molecule has 1 aromatic carbocycles. The first kappa shape index (κ1) is 8.62. The van der Waals surface area contributed by atoms with Crippen molar-refractivity contribution in [2.75, 3.05) is 0 Å². The third-order valence-corrected chi connectivity index (χ3v) is 2.04. The summed E-state index contributed by atoms with van der Waals surface area (Å²) < 4.78 is 0. The maximum atomic E-state index is 10.6. The van der Waals surface area contributed by atoms with Crippen LogP contribution < -0.4 is 0 Å². The molecule has 0 atom stereocenters. The predicted molar refractivity (Wildman–Crippen MR) is 51.2 cm³/mol. The summed E-state index contributed by atoms with van der Waals surface area (Å²) in [5.74, 6) is -1.05. The van der Waals surface area contributed by atoms with Gasteiger partial charge in [0.25, 0.3) is 0 Å². The summed E-state index contributed by atoms with van der Waals surface area (Å²) in [5.41, 5.74) is 1.72. The number of benzene rings is 1. The molecule has 0 spiro atoms. The van der Waals surface area contributed by atoms with E-state index in [1.54, 1.807) is 0 Å². The number of carboxylic acid groups (broad SMARTS) is 1. The number of aryl methyl sites for hydroxylation is 1. The standard InChI is InChI=1S/C10H8N2O2/c1-6-3-2-4-7-5-8(10(13)14)11-12-9(6)7/h2-5H,1H3,(H,13,14). The summed E-state index contributed by atoms with van der Waals surface area (Å²) in [4.78, 5) is 10.6. The highest BCUT2D eigenvalue weighted by molar-refractivity contribution is 5.91. The summed E-state index contributed by atoms with van der Waals surface area (Å²) in [7, 11) is 0. The predicted octanol–water partition coefficient (Wildman–Crippen LogP) is 1.64. The van der Waals surface area contributed by atoms with Gasteiger partial charge in [0.05, 0.1) is 5.52 Å². The molecule has 14 heavy (non-hydrogen) atoms. The Morgan fingerprint density at radius 3 is 2.86 bits per heavy atom. The maximum absolute atomic E-state index is 10.6. The third-order valence-electron chi connectivity index (χ3n) is 2.04.